The van der Waals surface area contributed by atoms with Crippen molar-refractivity contribution in [2.24, 2.45) is 5.92 Å². The van der Waals surface area contributed by atoms with Crippen molar-refractivity contribution in [3.05, 3.63) is 64.4 Å². The Bertz CT molecular complexity index is 908. The molecule has 27 heavy (non-hydrogen) atoms. The van der Waals surface area contributed by atoms with E-state index < -0.39 is 5.82 Å². The van der Waals surface area contributed by atoms with Gasteiger partial charge in [-0.25, -0.2) is 4.39 Å². The number of hydrogen-bond donors (Lipinski definition) is 1. The molecule has 0 aromatic heterocycles. The van der Waals surface area contributed by atoms with Gasteiger partial charge in [0, 0.05) is 24.3 Å². The Morgan fingerprint density at radius 2 is 1.96 bits per heavy atom. The van der Waals surface area contributed by atoms with E-state index in [4.69, 9.17) is 16.9 Å². The van der Waals surface area contributed by atoms with Crippen LogP contribution in [0.25, 0.3) is 0 Å². The number of rotatable bonds is 3. The first-order chi connectivity index (χ1) is 13.0. The highest BCUT2D eigenvalue weighted by molar-refractivity contribution is 6.32. The summed E-state index contributed by atoms with van der Waals surface area (Å²) >= 11 is 5.99. The predicted octanol–water partition coefficient (Wildman–Crippen LogP) is 3.84. The molecule has 0 spiro atoms. The van der Waals surface area contributed by atoms with Gasteiger partial charge in [0.25, 0.3) is 5.91 Å². The van der Waals surface area contributed by atoms with E-state index in [1.165, 1.54) is 30.3 Å². The number of halogens is 2. The van der Waals surface area contributed by atoms with E-state index in [9.17, 15) is 14.0 Å². The first-order valence-corrected chi connectivity index (χ1v) is 8.91. The summed E-state index contributed by atoms with van der Waals surface area (Å²) in [5.74, 6) is -1.16. The molecule has 5 nitrogen and oxygen atoms in total. The van der Waals surface area contributed by atoms with Gasteiger partial charge >= 0.3 is 0 Å². The summed E-state index contributed by atoms with van der Waals surface area (Å²) in [6.45, 7) is 0.856. The van der Waals surface area contributed by atoms with E-state index in [-0.39, 0.29) is 22.8 Å². The molecular weight excluding hydrogens is 369 g/mol. The molecule has 7 heteroatoms. The average molecular weight is 386 g/mol. The van der Waals surface area contributed by atoms with Gasteiger partial charge in [0.05, 0.1) is 16.5 Å². The molecule has 138 valence electrons. The van der Waals surface area contributed by atoms with Gasteiger partial charge in [-0.1, -0.05) is 11.6 Å². The second-order valence-electron chi connectivity index (χ2n) is 6.39. The molecule has 2 amide bonds. The Morgan fingerprint density at radius 1 is 1.22 bits per heavy atom. The fourth-order valence-corrected chi connectivity index (χ4v) is 3.30. The molecule has 1 saturated heterocycles. The second kappa shape index (κ2) is 8.19. The topological polar surface area (TPSA) is 73.2 Å². The molecule has 1 fully saturated rings. The summed E-state index contributed by atoms with van der Waals surface area (Å²) in [5.41, 5.74) is 1.24. The van der Waals surface area contributed by atoms with Crippen LogP contribution in [0.3, 0.4) is 0 Å². The fraction of sp³-hybridized carbons (Fsp3) is 0.250. The second-order valence-corrected chi connectivity index (χ2v) is 6.80. The zero-order valence-corrected chi connectivity index (χ0v) is 15.2. The number of carbonyl (C=O) groups is 2. The summed E-state index contributed by atoms with van der Waals surface area (Å²) < 4.78 is 13.0. The van der Waals surface area contributed by atoms with E-state index >= 15 is 0 Å². The van der Waals surface area contributed by atoms with Crippen LogP contribution in [0.2, 0.25) is 5.02 Å². The lowest BCUT2D eigenvalue weighted by Crippen LogP contribution is -2.43. The van der Waals surface area contributed by atoms with Crippen LogP contribution in [0.5, 0.6) is 0 Å². The highest BCUT2D eigenvalue weighted by Crippen LogP contribution is 2.23. The van der Waals surface area contributed by atoms with Gasteiger partial charge in [-0.3, -0.25) is 9.59 Å². The number of nitriles is 1. The van der Waals surface area contributed by atoms with Gasteiger partial charge in [0.2, 0.25) is 5.91 Å². The minimum absolute atomic E-state index is 0.201. The number of likely N-dealkylation sites (tertiary alicyclic amines) is 1. The van der Waals surface area contributed by atoms with Gasteiger partial charge in [-0.15, -0.1) is 0 Å². The molecule has 2 aromatic carbocycles. The maximum Gasteiger partial charge on any atom is 0.253 e. The van der Waals surface area contributed by atoms with Crippen LogP contribution in [0.15, 0.2) is 42.5 Å². The predicted molar refractivity (Wildman–Crippen MR) is 99.8 cm³/mol. The highest BCUT2D eigenvalue weighted by atomic mass is 35.5. The number of carbonyl (C=O) groups excluding carboxylic acids is 2. The molecule has 1 atom stereocenters. The highest BCUT2D eigenvalue weighted by Gasteiger charge is 2.29. The molecule has 1 aliphatic rings. The molecule has 0 bridgehead atoms. The van der Waals surface area contributed by atoms with E-state index in [1.807, 2.05) is 6.07 Å². The van der Waals surface area contributed by atoms with Crippen LogP contribution in [0.4, 0.5) is 10.1 Å². The van der Waals surface area contributed by atoms with Gasteiger partial charge in [-0.05, 0) is 55.3 Å². The van der Waals surface area contributed by atoms with E-state index in [2.05, 4.69) is 5.32 Å². The van der Waals surface area contributed by atoms with Gasteiger partial charge < -0.3 is 10.2 Å². The maximum absolute atomic E-state index is 13.0. The van der Waals surface area contributed by atoms with Crippen molar-refractivity contribution in [3.8, 4) is 6.07 Å². The summed E-state index contributed by atoms with van der Waals surface area (Å²) in [6, 6.07) is 12.0. The summed E-state index contributed by atoms with van der Waals surface area (Å²) in [6.07, 6.45) is 1.38. The van der Waals surface area contributed by atoms with Gasteiger partial charge in [-0.2, -0.15) is 5.26 Å². The molecule has 1 N–H and O–H groups in total. The number of nitrogens with zero attached hydrogens (tertiary/aromatic N) is 2. The summed E-state index contributed by atoms with van der Waals surface area (Å²) in [4.78, 5) is 26.8. The van der Waals surface area contributed by atoms with Crippen LogP contribution < -0.4 is 5.32 Å². The molecule has 3 rings (SSSR count). The Balaban J connectivity index is 1.66. The maximum atomic E-state index is 13.0. The zero-order chi connectivity index (χ0) is 19.4. The third-order valence-electron chi connectivity index (χ3n) is 4.53. The molecule has 0 saturated carbocycles. The zero-order valence-electron chi connectivity index (χ0n) is 14.4. The molecule has 0 aliphatic carbocycles. The monoisotopic (exact) mass is 385 g/mol. The molecule has 1 heterocycles. The quantitative estimate of drug-likeness (QED) is 0.872. The minimum Gasteiger partial charge on any atom is -0.338 e. The van der Waals surface area contributed by atoms with Crippen LogP contribution in [-0.2, 0) is 4.79 Å². The minimum atomic E-state index is -0.400. The van der Waals surface area contributed by atoms with Crippen molar-refractivity contribution < 1.29 is 14.0 Å². The van der Waals surface area contributed by atoms with E-state index in [0.29, 0.717) is 42.7 Å². The average Bonchev–Trinajstić information content (AvgIpc) is 2.68. The molecular formula is C20H17ClFN3O2. The van der Waals surface area contributed by atoms with E-state index in [0.717, 1.165) is 0 Å². The lowest BCUT2D eigenvalue weighted by molar-refractivity contribution is -0.121. The van der Waals surface area contributed by atoms with Crippen molar-refractivity contribution >= 4 is 29.1 Å². The van der Waals surface area contributed by atoms with Crippen LogP contribution in [0, 0.1) is 23.1 Å². The lowest BCUT2D eigenvalue weighted by atomic mass is 9.96. The Morgan fingerprint density at radius 3 is 2.63 bits per heavy atom. The third kappa shape index (κ3) is 4.44. The van der Waals surface area contributed by atoms with Crippen molar-refractivity contribution in [3.63, 3.8) is 0 Å². The van der Waals surface area contributed by atoms with Crippen molar-refractivity contribution in [2.45, 2.75) is 12.8 Å². The summed E-state index contributed by atoms with van der Waals surface area (Å²) in [7, 11) is 0. The van der Waals surface area contributed by atoms with Gasteiger partial charge in [0.15, 0.2) is 0 Å². The Labute approximate surface area is 161 Å². The van der Waals surface area contributed by atoms with Crippen LogP contribution >= 0.6 is 11.6 Å². The number of nitrogens with one attached hydrogen (secondary N) is 1. The standard InChI is InChI=1S/C20H17ClFN3O2/c21-18-10-17(8-5-14(18)11-23)24-19(26)15-2-1-9-25(12-15)20(27)13-3-6-16(22)7-4-13/h3-8,10,15H,1-2,9,12H2,(H,24,26). The number of hydrogen-bond acceptors (Lipinski definition) is 3. The lowest BCUT2D eigenvalue weighted by Gasteiger charge is -2.32. The largest absolute Gasteiger partial charge is 0.338 e. The fourth-order valence-electron chi connectivity index (χ4n) is 3.08. The first-order valence-electron chi connectivity index (χ1n) is 8.53. The SMILES string of the molecule is N#Cc1ccc(NC(=O)C2CCCN(C(=O)c3ccc(F)cc3)C2)cc1Cl. The number of piperidine rings is 1. The van der Waals surface area contributed by atoms with Crippen molar-refractivity contribution in [1.29, 1.82) is 5.26 Å². The van der Waals surface area contributed by atoms with Crippen molar-refractivity contribution in [2.75, 3.05) is 18.4 Å². The van der Waals surface area contributed by atoms with Crippen LogP contribution in [0.1, 0.15) is 28.8 Å². The van der Waals surface area contributed by atoms with Gasteiger partial charge in [0.1, 0.15) is 11.9 Å². The molecule has 1 unspecified atom stereocenters. The molecule has 2 aromatic rings. The molecule has 0 radical (unpaired) electrons. The normalized spacial score (nSPS) is 16.5. The Hall–Kier alpha value is -2.91. The molecule has 1 aliphatic heterocycles. The number of anilines is 1. The summed E-state index contributed by atoms with van der Waals surface area (Å²) in [5, 5.41) is 12.0. The third-order valence-corrected chi connectivity index (χ3v) is 4.84. The first kappa shape index (κ1) is 18.9. The van der Waals surface area contributed by atoms with E-state index in [1.54, 1.807) is 17.0 Å². The number of amides is 2. The van der Waals surface area contributed by atoms with Crippen LogP contribution in [-0.4, -0.2) is 29.8 Å². The Kier molecular flexibility index (Phi) is 5.72. The number of benzene rings is 2. The smallest absolute Gasteiger partial charge is 0.253 e. The van der Waals surface area contributed by atoms with Crippen molar-refractivity contribution in [1.82, 2.24) is 4.90 Å².